The van der Waals surface area contributed by atoms with Crippen molar-refractivity contribution in [2.45, 2.75) is 25.5 Å². The van der Waals surface area contributed by atoms with Crippen LogP contribution in [-0.4, -0.2) is 39.4 Å². The quantitative estimate of drug-likeness (QED) is 0.706. The van der Waals surface area contributed by atoms with Crippen LogP contribution in [0.2, 0.25) is 0 Å². The predicted octanol–water partition coefficient (Wildman–Crippen LogP) is 2.05. The Bertz CT molecular complexity index is 1150. The smallest absolute Gasteiger partial charge is 0.339 e. The minimum atomic E-state index is -1.31. The first-order valence-electron chi connectivity index (χ1n) is 8.92. The van der Waals surface area contributed by atoms with Gasteiger partial charge in [0.05, 0.1) is 23.0 Å². The highest BCUT2D eigenvalue weighted by molar-refractivity contribution is 5.97. The fourth-order valence-corrected chi connectivity index (χ4v) is 3.56. The lowest BCUT2D eigenvalue weighted by atomic mass is 9.89. The summed E-state index contributed by atoms with van der Waals surface area (Å²) in [6.07, 6.45) is 0.291. The Hall–Kier alpha value is -3.48. The van der Waals surface area contributed by atoms with Gasteiger partial charge in [-0.15, -0.1) is 0 Å². The molecule has 1 aliphatic rings. The summed E-state index contributed by atoms with van der Waals surface area (Å²) >= 11 is 0. The molecule has 0 fully saturated rings. The first-order chi connectivity index (χ1) is 13.4. The number of ether oxygens (including phenoxy) is 1. The van der Waals surface area contributed by atoms with Gasteiger partial charge >= 0.3 is 5.97 Å². The zero-order chi connectivity index (χ0) is 19.9. The van der Waals surface area contributed by atoms with Crippen LogP contribution in [-0.2, 0) is 22.5 Å². The van der Waals surface area contributed by atoms with E-state index in [4.69, 9.17) is 4.74 Å². The maximum absolute atomic E-state index is 13.1. The summed E-state index contributed by atoms with van der Waals surface area (Å²) in [7, 11) is 1.59. The molecule has 0 saturated carbocycles. The Morgan fingerprint density at radius 1 is 1.18 bits per heavy atom. The van der Waals surface area contributed by atoms with Gasteiger partial charge in [-0.2, -0.15) is 0 Å². The average Bonchev–Trinajstić information content (AvgIpc) is 2.67. The van der Waals surface area contributed by atoms with Crippen LogP contribution in [0.3, 0.4) is 0 Å². The molecule has 1 amide bonds. The van der Waals surface area contributed by atoms with Gasteiger partial charge in [0.15, 0.2) is 5.60 Å². The Labute approximate surface area is 161 Å². The third kappa shape index (κ3) is 3.05. The zero-order valence-corrected chi connectivity index (χ0v) is 15.6. The number of likely N-dealkylation sites (N-methyl/N-ethyl adjacent to an activating group) is 1. The van der Waals surface area contributed by atoms with Crippen LogP contribution in [0, 0.1) is 0 Å². The lowest BCUT2D eigenvalue weighted by molar-refractivity contribution is -0.150. The van der Waals surface area contributed by atoms with E-state index in [0.29, 0.717) is 28.7 Å². The molecule has 0 bridgehead atoms. The number of H-pyrrole nitrogens is 1. The van der Waals surface area contributed by atoms with Crippen molar-refractivity contribution >= 4 is 22.8 Å². The molecular formula is C21H19N3O4. The maximum atomic E-state index is 13.1. The van der Waals surface area contributed by atoms with Crippen molar-refractivity contribution in [1.29, 1.82) is 0 Å². The second kappa shape index (κ2) is 6.60. The Kier molecular flexibility index (Phi) is 4.22. The number of carbonyl (C=O) groups is 2. The summed E-state index contributed by atoms with van der Waals surface area (Å²) in [5.74, 6) is -0.500. The van der Waals surface area contributed by atoms with Crippen LogP contribution in [0.5, 0.6) is 0 Å². The Balaban J connectivity index is 1.59. The van der Waals surface area contributed by atoms with Crippen molar-refractivity contribution in [3.8, 4) is 0 Å². The highest BCUT2D eigenvalue weighted by Gasteiger charge is 2.44. The summed E-state index contributed by atoms with van der Waals surface area (Å²) in [6, 6.07) is 14.1. The van der Waals surface area contributed by atoms with Gasteiger partial charge in [-0.1, -0.05) is 30.3 Å². The van der Waals surface area contributed by atoms with Gasteiger partial charge < -0.3 is 14.6 Å². The van der Waals surface area contributed by atoms with E-state index >= 15 is 0 Å². The molecule has 0 spiro atoms. The third-order valence-electron chi connectivity index (χ3n) is 4.93. The van der Waals surface area contributed by atoms with Crippen molar-refractivity contribution < 1.29 is 14.3 Å². The molecule has 2 heterocycles. The van der Waals surface area contributed by atoms with E-state index in [1.54, 1.807) is 50.4 Å². The molecule has 2 aromatic carbocycles. The number of carbonyl (C=O) groups excluding carboxylic acids is 2. The van der Waals surface area contributed by atoms with E-state index in [9.17, 15) is 14.4 Å². The minimum Gasteiger partial charge on any atom is -0.445 e. The molecular weight excluding hydrogens is 358 g/mol. The van der Waals surface area contributed by atoms with Crippen molar-refractivity contribution in [2.24, 2.45) is 0 Å². The fraction of sp³-hybridized carbons (Fsp3) is 0.238. The number of para-hydroxylation sites is 1. The van der Waals surface area contributed by atoms with Crippen molar-refractivity contribution in [1.82, 2.24) is 14.9 Å². The Morgan fingerprint density at radius 3 is 2.71 bits per heavy atom. The molecule has 7 heteroatoms. The van der Waals surface area contributed by atoms with Gasteiger partial charge in [-0.3, -0.25) is 9.59 Å². The maximum Gasteiger partial charge on any atom is 0.339 e. The lowest BCUT2D eigenvalue weighted by Crippen LogP contribution is -2.52. The fourth-order valence-electron chi connectivity index (χ4n) is 3.56. The molecule has 142 valence electrons. The normalized spacial score (nSPS) is 18.4. The van der Waals surface area contributed by atoms with Gasteiger partial charge in [-0.25, -0.2) is 9.78 Å². The van der Waals surface area contributed by atoms with E-state index in [-0.39, 0.29) is 18.0 Å². The summed E-state index contributed by atoms with van der Waals surface area (Å²) in [6.45, 7) is 1.70. The van der Waals surface area contributed by atoms with E-state index in [0.717, 1.165) is 5.56 Å². The van der Waals surface area contributed by atoms with Crippen LogP contribution in [0.15, 0.2) is 53.3 Å². The molecule has 1 N–H and O–H groups in total. The number of hydrogen-bond donors (Lipinski definition) is 1. The topological polar surface area (TPSA) is 92.4 Å². The summed E-state index contributed by atoms with van der Waals surface area (Å²) < 4.78 is 5.49. The number of aromatic nitrogens is 2. The van der Waals surface area contributed by atoms with Crippen LogP contribution in [0.25, 0.3) is 10.9 Å². The average molecular weight is 377 g/mol. The molecule has 0 radical (unpaired) electrons. The molecule has 1 aromatic heterocycles. The number of esters is 1. The highest BCUT2D eigenvalue weighted by atomic mass is 16.6. The number of nitrogens with zero attached hydrogens (tertiary/aromatic N) is 2. The summed E-state index contributed by atoms with van der Waals surface area (Å²) in [4.78, 5) is 46.1. The van der Waals surface area contributed by atoms with Crippen LogP contribution >= 0.6 is 0 Å². The molecule has 0 saturated heterocycles. The second-order valence-corrected chi connectivity index (χ2v) is 7.15. The first kappa shape index (κ1) is 17.9. The van der Waals surface area contributed by atoms with E-state index in [1.807, 2.05) is 12.1 Å². The van der Waals surface area contributed by atoms with Crippen LogP contribution < -0.4 is 5.56 Å². The molecule has 7 nitrogen and oxygen atoms in total. The van der Waals surface area contributed by atoms with E-state index in [1.165, 1.54) is 4.90 Å². The Morgan fingerprint density at radius 2 is 1.89 bits per heavy atom. The monoisotopic (exact) mass is 377 g/mol. The number of rotatable bonds is 3. The molecule has 3 aromatic rings. The molecule has 1 atom stereocenters. The number of amides is 1. The predicted molar refractivity (Wildman–Crippen MR) is 103 cm³/mol. The molecule has 28 heavy (non-hydrogen) atoms. The van der Waals surface area contributed by atoms with Crippen molar-refractivity contribution in [3.63, 3.8) is 0 Å². The zero-order valence-electron chi connectivity index (χ0n) is 15.6. The van der Waals surface area contributed by atoms with E-state index < -0.39 is 11.6 Å². The van der Waals surface area contributed by atoms with Gasteiger partial charge in [-0.05, 0) is 30.7 Å². The number of fused-ring (bicyclic) bond motifs is 2. The van der Waals surface area contributed by atoms with Crippen molar-refractivity contribution in [2.75, 3.05) is 7.05 Å². The first-order valence-corrected chi connectivity index (χ1v) is 8.92. The lowest BCUT2D eigenvalue weighted by Gasteiger charge is -2.35. The summed E-state index contributed by atoms with van der Waals surface area (Å²) in [5, 5.41) is 0.491. The van der Waals surface area contributed by atoms with Crippen LogP contribution in [0.1, 0.15) is 28.7 Å². The molecule has 1 aliphatic heterocycles. The minimum absolute atomic E-state index is 0.0910. The largest absolute Gasteiger partial charge is 0.445 e. The van der Waals surface area contributed by atoms with E-state index in [2.05, 4.69) is 9.97 Å². The number of nitrogens with one attached hydrogen (secondary N) is 1. The van der Waals surface area contributed by atoms with Gasteiger partial charge in [0, 0.05) is 13.5 Å². The summed E-state index contributed by atoms with van der Waals surface area (Å²) in [5.41, 5.74) is 0.255. The number of aromatic amines is 1. The number of cyclic esters (lactones) is 1. The van der Waals surface area contributed by atoms with Gasteiger partial charge in [0.2, 0.25) is 0 Å². The number of hydrogen-bond acceptors (Lipinski definition) is 5. The second-order valence-electron chi connectivity index (χ2n) is 7.15. The van der Waals surface area contributed by atoms with Gasteiger partial charge in [0.1, 0.15) is 5.82 Å². The molecule has 4 rings (SSSR count). The standard InChI is InChI=1S/C21H19N3O4/c1-21(11-13-7-3-4-8-14(13)19(26)28-21)20(27)24(2)12-17-22-16-10-6-5-9-15(16)18(25)23-17/h3-10H,11-12H2,1-2H3,(H,22,23,25)/t21-/m1/s1. The molecule has 0 unspecified atom stereocenters. The SMILES string of the molecule is CN(Cc1nc2ccccc2c(=O)[nH]1)C(=O)[C@@]1(C)Cc2ccccc2C(=O)O1. The van der Waals surface area contributed by atoms with Crippen LogP contribution in [0.4, 0.5) is 0 Å². The van der Waals surface area contributed by atoms with Gasteiger partial charge in [0.25, 0.3) is 11.5 Å². The number of benzene rings is 2. The van der Waals surface area contributed by atoms with Crippen molar-refractivity contribution in [3.05, 3.63) is 75.8 Å². The third-order valence-corrected chi connectivity index (χ3v) is 4.93. The molecule has 0 aliphatic carbocycles. The highest BCUT2D eigenvalue weighted by Crippen LogP contribution is 2.29.